The van der Waals surface area contributed by atoms with Gasteiger partial charge in [-0.3, -0.25) is 19.2 Å². The van der Waals surface area contributed by atoms with Crippen LogP contribution >= 0.6 is 15.9 Å². The van der Waals surface area contributed by atoms with Crippen LogP contribution in [-0.4, -0.2) is 98.6 Å². The number of esters is 1. The molecule has 3 amide bonds. The Morgan fingerprint density at radius 1 is 1.20 bits per heavy atom. The minimum atomic E-state index is -1.29. The van der Waals surface area contributed by atoms with Gasteiger partial charge in [0, 0.05) is 23.3 Å². The first-order valence-corrected chi connectivity index (χ1v) is 17.5. The van der Waals surface area contributed by atoms with E-state index < -0.39 is 53.2 Å². The maximum atomic E-state index is 15.0. The van der Waals surface area contributed by atoms with E-state index in [9.17, 15) is 24.3 Å². The summed E-state index contributed by atoms with van der Waals surface area (Å²) in [5.41, 5.74) is -1.99. The van der Waals surface area contributed by atoms with Gasteiger partial charge in [0.2, 0.25) is 17.7 Å². The van der Waals surface area contributed by atoms with Crippen LogP contribution in [0.1, 0.15) is 87.5 Å². The zero-order chi connectivity index (χ0) is 34.8. The van der Waals surface area contributed by atoms with Crippen molar-refractivity contribution < 1.29 is 33.8 Å². The SMILES string of the molecule is C=CCCC(=O)NC[C@@H](C)OC(=O)[C@H]1[C@@H]2O[C@@]3(CC2Br)[C@@H]1C(=O)N([C@@H](CO)CC(C)C)[C@@H]3C(=O)N(CC=C)C(C)(C)CC(C)(C)C. The fourth-order valence-corrected chi connectivity index (χ4v) is 8.98. The summed E-state index contributed by atoms with van der Waals surface area (Å²) >= 11 is 3.72. The highest BCUT2D eigenvalue weighted by molar-refractivity contribution is 9.09. The number of hydrogen-bond acceptors (Lipinski definition) is 7. The van der Waals surface area contributed by atoms with Gasteiger partial charge < -0.3 is 29.7 Å². The maximum absolute atomic E-state index is 15.0. The van der Waals surface area contributed by atoms with Crippen LogP contribution in [-0.2, 0) is 28.7 Å². The molecular formula is C35H56BrN3O7. The summed E-state index contributed by atoms with van der Waals surface area (Å²) in [7, 11) is 0. The first-order valence-electron chi connectivity index (χ1n) is 16.6. The number of nitrogens with zero attached hydrogens (tertiary/aromatic N) is 2. The Morgan fingerprint density at radius 3 is 2.39 bits per heavy atom. The van der Waals surface area contributed by atoms with E-state index >= 15 is 0 Å². The molecule has 46 heavy (non-hydrogen) atoms. The molecule has 1 spiro atoms. The van der Waals surface area contributed by atoms with Gasteiger partial charge in [-0.2, -0.15) is 0 Å². The fourth-order valence-electron chi connectivity index (χ4n) is 8.03. The molecule has 0 saturated carbocycles. The third-order valence-corrected chi connectivity index (χ3v) is 10.2. The zero-order valence-corrected chi connectivity index (χ0v) is 30.6. The maximum Gasteiger partial charge on any atom is 0.312 e. The van der Waals surface area contributed by atoms with Gasteiger partial charge in [0.15, 0.2) is 0 Å². The minimum absolute atomic E-state index is 0.0968. The van der Waals surface area contributed by atoms with Crippen LogP contribution in [0.25, 0.3) is 0 Å². The molecule has 1 unspecified atom stereocenters. The largest absolute Gasteiger partial charge is 0.460 e. The number of hydrogen-bond donors (Lipinski definition) is 2. The number of nitrogens with one attached hydrogen (secondary N) is 1. The Hall–Kier alpha value is -2.24. The van der Waals surface area contributed by atoms with E-state index in [1.54, 1.807) is 24.0 Å². The number of ether oxygens (including phenoxy) is 2. The predicted octanol–water partition coefficient (Wildman–Crippen LogP) is 4.38. The molecule has 10 nitrogen and oxygen atoms in total. The average Bonchev–Trinajstić information content (AvgIpc) is 3.53. The summed E-state index contributed by atoms with van der Waals surface area (Å²) < 4.78 is 12.5. The molecule has 2 bridgehead atoms. The molecule has 0 aliphatic carbocycles. The monoisotopic (exact) mass is 709 g/mol. The van der Waals surface area contributed by atoms with Crippen molar-refractivity contribution in [1.82, 2.24) is 15.1 Å². The Bertz CT molecular complexity index is 1170. The smallest absolute Gasteiger partial charge is 0.312 e. The third kappa shape index (κ3) is 7.89. The Labute approximate surface area is 283 Å². The number of aliphatic hydroxyl groups is 1. The van der Waals surface area contributed by atoms with Crippen molar-refractivity contribution in [2.24, 2.45) is 23.2 Å². The molecule has 0 radical (unpaired) electrons. The number of carbonyl (C=O) groups is 4. The van der Waals surface area contributed by atoms with Crippen molar-refractivity contribution in [3.05, 3.63) is 25.3 Å². The Kier molecular flexibility index (Phi) is 12.4. The fraction of sp³-hybridized carbons (Fsp3) is 0.771. The second-order valence-electron chi connectivity index (χ2n) is 15.5. The molecule has 3 rings (SSSR count). The molecule has 260 valence electrons. The Morgan fingerprint density at radius 2 is 1.85 bits per heavy atom. The van der Waals surface area contributed by atoms with E-state index in [2.05, 4.69) is 55.2 Å². The molecule has 8 atom stereocenters. The molecule has 3 fully saturated rings. The number of fused-ring (bicyclic) bond motifs is 1. The van der Waals surface area contributed by atoms with Crippen molar-refractivity contribution >= 4 is 39.6 Å². The number of rotatable bonds is 16. The summed E-state index contributed by atoms with van der Waals surface area (Å²) in [5.74, 6) is -3.22. The van der Waals surface area contributed by atoms with Gasteiger partial charge >= 0.3 is 5.97 Å². The van der Waals surface area contributed by atoms with E-state index in [-0.39, 0.29) is 60.0 Å². The van der Waals surface area contributed by atoms with Crippen molar-refractivity contribution in [3.8, 4) is 0 Å². The summed E-state index contributed by atoms with van der Waals surface area (Å²) in [5, 5.41) is 13.4. The lowest BCUT2D eigenvalue weighted by Gasteiger charge is -2.46. The van der Waals surface area contributed by atoms with Gasteiger partial charge in [-0.15, -0.1) is 13.2 Å². The van der Waals surface area contributed by atoms with E-state index in [1.165, 1.54) is 4.90 Å². The summed E-state index contributed by atoms with van der Waals surface area (Å²) in [6, 6.07) is -1.69. The molecule has 3 heterocycles. The zero-order valence-electron chi connectivity index (χ0n) is 29.0. The molecule has 11 heteroatoms. The van der Waals surface area contributed by atoms with Crippen LogP contribution < -0.4 is 5.32 Å². The van der Waals surface area contributed by atoms with Gasteiger partial charge in [-0.25, -0.2) is 0 Å². The highest BCUT2D eigenvalue weighted by Crippen LogP contribution is 2.61. The quantitative estimate of drug-likeness (QED) is 0.138. The molecule has 0 aromatic rings. The minimum Gasteiger partial charge on any atom is -0.460 e. The lowest BCUT2D eigenvalue weighted by molar-refractivity contribution is -0.160. The van der Waals surface area contributed by atoms with E-state index in [4.69, 9.17) is 9.47 Å². The van der Waals surface area contributed by atoms with Crippen LogP contribution in [0, 0.1) is 23.2 Å². The lowest BCUT2D eigenvalue weighted by Crippen LogP contribution is -2.62. The topological polar surface area (TPSA) is 125 Å². The standard InChI is InChI=1S/C35H56BrN3O7/c1-11-13-14-25(41)37-18-22(5)45-32(44)26-27-30(42)39(23(19-40)16-21(3)4)29(35(27)17-24(36)28(26)46-35)31(43)38(15-12-2)34(9,10)20-33(6,7)8/h11-12,21-24,26-29,40H,1-2,13-20H2,3-10H3,(H,37,41)/t22-,23-,24?,26-,27+,28-,29-,35+/m1/s1. The third-order valence-electron chi connectivity index (χ3n) is 9.33. The van der Waals surface area contributed by atoms with Crippen molar-refractivity contribution in [1.29, 1.82) is 0 Å². The van der Waals surface area contributed by atoms with Gasteiger partial charge in [-0.1, -0.05) is 62.7 Å². The van der Waals surface area contributed by atoms with E-state index in [0.29, 0.717) is 25.7 Å². The molecule has 3 saturated heterocycles. The van der Waals surface area contributed by atoms with Gasteiger partial charge in [0.1, 0.15) is 17.7 Å². The van der Waals surface area contributed by atoms with Crippen LogP contribution in [0.5, 0.6) is 0 Å². The molecule has 0 aromatic heterocycles. The number of carbonyl (C=O) groups excluding carboxylic acids is 4. The number of amides is 3. The molecule has 0 aromatic carbocycles. The second kappa shape index (κ2) is 14.9. The molecule has 2 N–H and O–H groups in total. The predicted molar refractivity (Wildman–Crippen MR) is 181 cm³/mol. The second-order valence-corrected chi connectivity index (χ2v) is 16.7. The van der Waals surface area contributed by atoms with E-state index in [1.807, 2.05) is 27.7 Å². The summed E-state index contributed by atoms with van der Waals surface area (Å²) in [6.45, 7) is 23.7. The van der Waals surface area contributed by atoms with Crippen LogP contribution in [0.3, 0.4) is 0 Å². The highest BCUT2D eigenvalue weighted by atomic mass is 79.9. The number of halogens is 1. The number of alkyl halides is 1. The number of likely N-dealkylation sites (tertiary alicyclic amines) is 1. The first kappa shape index (κ1) is 38.2. The Balaban J connectivity index is 2.03. The van der Waals surface area contributed by atoms with Crippen molar-refractivity contribution in [2.45, 2.75) is 128 Å². The van der Waals surface area contributed by atoms with E-state index in [0.717, 1.165) is 0 Å². The van der Waals surface area contributed by atoms with Gasteiger partial charge in [0.25, 0.3) is 0 Å². The molecule has 3 aliphatic rings. The average molecular weight is 711 g/mol. The van der Waals surface area contributed by atoms with Gasteiger partial charge in [-0.05, 0) is 57.8 Å². The van der Waals surface area contributed by atoms with Crippen LogP contribution in [0.4, 0.5) is 0 Å². The number of allylic oxidation sites excluding steroid dienone is 1. The molecular weight excluding hydrogens is 654 g/mol. The van der Waals surface area contributed by atoms with Crippen LogP contribution in [0.2, 0.25) is 0 Å². The van der Waals surface area contributed by atoms with Crippen LogP contribution in [0.15, 0.2) is 25.3 Å². The van der Waals surface area contributed by atoms with Crippen molar-refractivity contribution in [3.63, 3.8) is 0 Å². The molecule has 3 aliphatic heterocycles. The lowest BCUT2D eigenvalue weighted by atomic mass is 9.70. The summed E-state index contributed by atoms with van der Waals surface area (Å²) in [4.78, 5) is 58.6. The van der Waals surface area contributed by atoms with Crippen molar-refractivity contribution in [2.75, 3.05) is 19.7 Å². The highest BCUT2D eigenvalue weighted by Gasteiger charge is 2.77. The number of aliphatic hydroxyl groups excluding tert-OH is 1. The van der Waals surface area contributed by atoms with Gasteiger partial charge in [0.05, 0.1) is 37.1 Å². The summed E-state index contributed by atoms with van der Waals surface area (Å²) in [6.07, 6.45) is 4.36. The first-order chi connectivity index (χ1) is 21.3. The normalized spacial score (nSPS) is 28.5.